The van der Waals surface area contributed by atoms with Gasteiger partial charge in [0.25, 0.3) is 0 Å². The lowest BCUT2D eigenvalue weighted by Crippen LogP contribution is -2.44. The maximum Gasteiger partial charge on any atom is 0.411 e. The smallest absolute Gasteiger partial charge is 0.411 e. The maximum absolute atomic E-state index is 13.9. The number of carbonyl (C=O) groups excluding carboxylic acids is 1. The van der Waals surface area contributed by atoms with Crippen LogP contribution in [0.3, 0.4) is 0 Å². The van der Waals surface area contributed by atoms with Crippen molar-refractivity contribution in [2.75, 3.05) is 0 Å². The molecule has 0 radical (unpaired) electrons. The zero-order valence-electron chi connectivity index (χ0n) is 13.4. The molecule has 3 rings (SSSR count). The number of benzene rings is 2. The van der Waals surface area contributed by atoms with Crippen molar-refractivity contribution in [3.05, 3.63) is 58.9 Å². The number of amides is 1. The van der Waals surface area contributed by atoms with Crippen molar-refractivity contribution < 1.29 is 14.2 Å². The van der Waals surface area contributed by atoms with E-state index in [1.807, 2.05) is 24.3 Å². The van der Waals surface area contributed by atoms with Crippen LogP contribution in [0.15, 0.2) is 42.5 Å². The molecule has 2 aromatic rings. The molecule has 1 saturated heterocycles. The van der Waals surface area contributed by atoms with Crippen LogP contribution < -0.4 is 0 Å². The number of rotatable bonds is 4. The van der Waals surface area contributed by atoms with Gasteiger partial charge in [0.05, 0.1) is 0 Å². The summed E-state index contributed by atoms with van der Waals surface area (Å²) >= 11 is 5.94. The quantitative estimate of drug-likeness (QED) is 0.857. The van der Waals surface area contributed by atoms with Gasteiger partial charge in [0.1, 0.15) is 5.82 Å². The Hall–Kier alpha value is -1.85. The van der Waals surface area contributed by atoms with Crippen LogP contribution in [0.25, 0.3) is 11.1 Å². The molecule has 0 bridgehead atoms. The first-order chi connectivity index (χ1) is 11.5. The molecule has 0 spiro atoms. The van der Waals surface area contributed by atoms with Crippen molar-refractivity contribution in [3.8, 4) is 11.1 Å². The summed E-state index contributed by atoms with van der Waals surface area (Å²) < 4.78 is 13.9. The molecule has 6 heteroatoms. The predicted octanol–water partition coefficient (Wildman–Crippen LogP) is 3.79. The first-order valence-electron chi connectivity index (χ1n) is 7.99. The summed E-state index contributed by atoms with van der Waals surface area (Å²) in [5.41, 5.74) is 2.27. The van der Waals surface area contributed by atoms with Gasteiger partial charge in [-0.05, 0) is 49.0 Å². The Morgan fingerprint density at radius 2 is 2.00 bits per heavy atom. The summed E-state index contributed by atoms with van der Waals surface area (Å²) in [6, 6.07) is 12.1. The Morgan fingerprint density at radius 1 is 1.29 bits per heavy atom. The molecule has 3 nitrogen and oxygen atoms in total. The lowest BCUT2D eigenvalue weighted by molar-refractivity contribution is -0.125. The van der Waals surface area contributed by atoms with Gasteiger partial charge in [0.2, 0.25) is 5.91 Å². The van der Waals surface area contributed by atoms with Gasteiger partial charge in [-0.3, -0.25) is 4.79 Å². The summed E-state index contributed by atoms with van der Waals surface area (Å²) in [6.45, 7) is 1.61. The standard InChI is InChI=1S/C18H18BClFNO2/c1-19(24)22-15(7-9-18(22)23)10-12-2-4-13(5-3-12)16-11-14(20)6-8-17(16)21/h2-6,8,11,15,24H,7,9-10H2,1H3/t15-/m0/s1. The van der Waals surface area contributed by atoms with Crippen molar-refractivity contribution in [3.63, 3.8) is 0 Å². The number of hydrogen-bond acceptors (Lipinski definition) is 2. The summed E-state index contributed by atoms with van der Waals surface area (Å²) in [7, 11) is -0.773. The van der Waals surface area contributed by atoms with Crippen molar-refractivity contribution in [2.45, 2.75) is 32.1 Å². The van der Waals surface area contributed by atoms with Crippen molar-refractivity contribution in [1.82, 2.24) is 4.81 Å². The van der Waals surface area contributed by atoms with Crippen LogP contribution in [0, 0.1) is 5.82 Å². The van der Waals surface area contributed by atoms with Gasteiger partial charge in [-0.1, -0.05) is 35.9 Å². The molecule has 0 saturated carbocycles. The van der Waals surface area contributed by atoms with Gasteiger partial charge in [0, 0.05) is 23.0 Å². The van der Waals surface area contributed by atoms with E-state index in [1.165, 1.54) is 12.1 Å². The largest absolute Gasteiger partial charge is 0.432 e. The monoisotopic (exact) mass is 345 g/mol. The summed E-state index contributed by atoms with van der Waals surface area (Å²) in [6.07, 6.45) is 1.89. The van der Waals surface area contributed by atoms with Gasteiger partial charge in [-0.2, -0.15) is 0 Å². The van der Waals surface area contributed by atoms with Gasteiger partial charge in [-0.15, -0.1) is 0 Å². The molecule has 124 valence electrons. The van der Waals surface area contributed by atoms with E-state index in [4.69, 9.17) is 11.6 Å². The third kappa shape index (κ3) is 3.47. The molecule has 0 aliphatic carbocycles. The van der Waals surface area contributed by atoms with Crippen LogP contribution >= 0.6 is 11.6 Å². The molecule has 1 amide bonds. The Balaban J connectivity index is 1.78. The Bertz CT molecular complexity index is 751. The van der Waals surface area contributed by atoms with Gasteiger partial charge in [-0.25, -0.2) is 4.39 Å². The Morgan fingerprint density at radius 3 is 2.67 bits per heavy atom. The molecule has 1 N–H and O–H groups in total. The minimum atomic E-state index is -0.773. The molecule has 1 aliphatic rings. The average molecular weight is 346 g/mol. The van der Waals surface area contributed by atoms with E-state index in [-0.39, 0.29) is 17.8 Å². The fourth-order valence-electron chi connectivity index (χ4n) is 3.29. The fraction of sp³-hybridized carbons (Fsp3) is 0.278. The van der Waals surface area contributed by atoms with E-state index in [0.717, 1.165) is 17.5 Å². The molecule has 1 aliphatic heterocycles. The van der Waals surface area contributed by atoms with E-state index in [0.29, 0.717) is 23.4 Å². The van der Waals surface area contributed by atoms with Gasteiger partial charge >= 0.3 is 7.05 Å². The number of halogens is 2. The lowest BCUT2D eigenvalue weighted by atomic mass is 9.83. The second-order valence-corrected chi connectivity index (χ2v) is 6.59. The Labute approximate surface area is 146 Å². The minimum Gasteiger partial charge on any atom is -0.432 e. The first-order valence-corrected chi connectivity index (χ1v) is 8.37. The van der Waals surface area contributed by atoms with Gasteiger partial charge in [0.15, 0.2) is 0 Å². The highest BCUT2D eigenvalue weighted by atomic mass is 35.5. The minimum absolute atomic E-state index is 0.00579. The first kappa shape index (κ1) is 17.0. The summed E-state index contributed by atoms with van der Waals surface area (Å²) in [4.78, 5) is 13.4. The van der Waals surface area contributed by atoms with E-state index >= 15 is 0 Å². The van der Waals surface area contributed by atoms with Crippen LogP contribution in [0.5, 0.6) is 0 Å². The zero-order chi connectivity index (χ0) is 17.3. The molecular weight excluding hydrogens is 327 g/mol. The van der Waals surface area contributed by atoms with E-state index in [9.17, 15) is 14.2 Å². The highest BCUT2D eigenvalue weighted by Gasteiger charge is 2.35. The fourth-order valence-corrected chi connectivity index (χ4v) is 3.46. The van der Waals surface area contributed by atoms with Crippen LogP contribution in [-0.2, 0) is 11.2 Å². The van der Waals surface area contributed by atoms with Gasteiger partial charge < -0.3 is 9.83 Å². The second kappa shape index (κ2) is 6.95. The number of nitrogens with zero attached hydrogens (tertiary/aromatic N) is 1. The van der Waals surface area contributed by atoms with Crippen molar-refractivity contribution in [1.29, 1.82) is 0 Å². The molecule has 1 atom stereocenters. The highest BCUT2D eigenvalue weighted by molar-refractivity contribution is 6.49. The maximum atomic E-state index is 13.9. The third-order valence-electron chi connectivity index (χ3n) is 4.44. The van der Waals surface area contributed by atoms with Crippen molar-refractivity contribution in [2.24, 2.45) is 0 Å². The molecule has 2 aromatic carbocycles. The third-order valence-corrected chi connectivity index (χ3v) is 4.68. The topological polar surface area (TPSA) is 40.5 Å². The summed E-state index contributed by atoms with van der Waals surface area (Å²) in [5.74, 6) is -0.318. The molecule has 1 heterocycles. The number of hydrogen-bond donors (Lipinski definition) is 1. The SMILES string of the molecule is CB(O)N1C(=O)CC[C@H]1Cc1ccc(-c2cc(Cl)ccc2F)cc1. The van der Waals surface area contributed by atoms with Crippen LogP contribution in [0.4, 0.5) is 4.39 Å². The Kier molecular flexibility index (Phi) is 4.92. The molecule has 0 aromatic heterocycles. The second-order valence-electron chi connectivity index (χ2n) is 6.15. The van der Waals surface area contributed by atoms with Crippen LogP contribution in [0.1, 0.15) is 18.4 Å². The number of carbonyl (C=O) groups is 1. The van der Waals surface area contributed by atoms with E-state index in [2.05, 4.69) is 0 Å². The average Bonchev–Trinajstić information content (AvgIpc) is 2.91. The van der Waals surface area contributed by atoms with E-state index in [1.54, 1.807) is 17.7 Å². The molecule has 0 unspecified atom stereocenters. The molecule has 1 fully saturated rings. The van der Waals surface area contributed by atoms with Crippen LogP contribution in [0.2, 0.25) is 11.8 Å². The molecule has 24 heavy (non-hydrogen) atoms. The van der Waals surface area contributed by atoms with E-state index < -0.39 is 7.05 Å². The lowest BCUT2D eigenvalue weighted by Gasteiger charge is -2.25. The van der Waals surface area contributed by atoms with Crippen molar-refractivity contribution >= 4 is 24.6 Å². The summed E-state index contributed by atoms with van der Waals surface area (Å²) in [5, 5.41) is 10.3. The molecular formula is C18H18BClFNO2. The highest BCUT2D eigenvalue weighted by Crippen LogP contribution is 2.28. The normalized spacial score (nSPS) is 17.4. The van der Waals surface area contributed by atoms with Crippen LogP contribution in [-0.4, -0.2) is 28.8 Å². The predicted molar refractivity (Wildman–Crippen MR) is 94.3 cm³/mol. The zero-order valence-corrected chi connectivity index (χ0v) is 14.1.